The summed E-state index contributed by atoms with van der Waals surface area (Å²) >= 11 is 0. The van der Waals surface area contributed by atoms with Crippen LogP contribution >= 0.6 is 0 Å². The lowest BCUT2D eigenvalue weighted by Crippen LogP contribution is -2.43. The molecule has 23 heavy (non-hydrogen) atoms. The van der Waals surface area contributed by atoms with Crippen molar-refractivity contribution in [2.45, 2.75) is 32.0 Å². The number of rotatable bonds is 5. The van der Waals surface area contributed by atoms with Gasteiger partial charge >= 0.3 is 0 Å². The van der Waals surface area contributed by atoms with Crippen LogP contribution in [0.5, 0.6) is 0 Å². The van der Waals surface area contributed by atoms with Gasteiger partial charge in [-0.15, -0.1) is 0 Å². The average molecular weight is 318 g/mol. The molecule has 1 N–H and O–H groups in total. The summed E-state index contributed by atoms with van der Waals surface area (Å²) < 4.78 is 18.6. The van der Waals surface area contributed by atoms with Crippen molar-refractivity contribution in [3.05, 3.63) is 53.7 Å². The van der Waals surface area contributed by atoms with Gasteiger partial charge in [0.1, 0.15) is 23.9 Å². The lowest BCUT2D eigenvalue weighted by molar-refractivity contribution is 0.180. The quantitative estimate of drug-likeness (QED) is 0.920. The summed E-state index contributed by atoms with van der Waals surface area (Å²) in [6.07, 6.45) is 2.14. The number of halogens is 1. The van der Waals surface area contributed by atoms with E-state index in [1.165, 1.54) is 12.1 Å². The SMILES string of the molecule is CN(Cc1ccc(CO)o1)C1CCN(c2ccc(F)cc2)CC1. The zero-order chi connectivity index (χ0) is 16.2. The van der Waals surface area contributed by atoms with Crippen molar-refractivity contribution >= 4 is 5.69 Å². The van der Waals surface area contributed by atoms with Gasteiger partial charge in [0.05, 0.1) is 6.54 Å². The molecule has 0 radical (unpaired) electrons. The van der Waals surface area contributed by atoms with Gasteiger partial charge in [-0.2, -0.15) is 0 Å². The highest BCUT2D eigenvalue weighted by atomic mass is 19.1. The molecule has 0 spiro atoms. The second-order valence-corrected chi connectivity index (χ2v) is 6.14. The summed E-state index contributed by atoms with van der Waals surface area (Å²) in [5.41, 5.74) is 1.09. The van der Waals surface area contributed by atoms with Crippen LogP contribution in [0, 0.1) is 5.82 Å². The Morgan fingerprint density at radius 3 is 2.39 bits per heavy atom. The van der Waals surface area contributed by atoms with Crippen LogP contribution in [-0.2, 0) is 13.2 Å². The van der Waals surface area contributed by atoms with E-state index in [-0.39, 0.29) is 12.4 Å². The Morgan fingerprint density at radius 1 is 1.13 bits per heavy atom. The molecule has 0 bridgehead atoms. The van der Waals surface area contributed by atoms with Gasteiger partial charge in [-0.3, -0.25) is 4.90 Å². The summed E-state index contributed by atoms with van der Waals surface area (Å²) in [6.45, 7) is 2.64. The number of piperidine rings is 1. The molecule has 124 valence electrons. The highest BCUT2D eigenvalue weighted by molar-refractivity contribution is 5.46. The van der Waals surface area contributed by atoms with E-state index < -0.39 is 0 Å². The van der Waals surface area contributed by atoms with Crippen LogP contribution in [0.4, 0.5) is 10.1 Å². The number of nitrogens with zero attached hydrogens (tertiary/aromatic N) is 2. The molecule has 1 fully saturated rings. The maximum Gasteiger partial charge on any atom is 0.129 e. The van der Waals surface area contributed by atoms with Crippen LogP contribution in [0.3, 0.4) is 0 Å². The van der Waals surface area contributed by atoms with Crippen LogP contribution in [0.2, 0.25) is 0 Å². The molecule has 2 aromatic rings. The van der Waals surface area contributed by atoms with Gasteiger partial charge in [0.2, 0.25) is 0 Å². The van der Waals surface area contributed by atoms with E-state index in [0.29, 0.717) is 11.8 Å². The smallest absolute Gasteiger partial charge is 0.129 e. The molecule has 1 aliphatic rings. The summed E-state index contributed by atoms with van der Waals surface area (Å²) in [7, 11) is 2.11. The van der Waals surface area contributed by atoms with E-state index in [1.54, 1.807) is 0 Å². The number of aliphatic hydroxyl groups is 1. The van der Waals surface area contributed by atoms with Gasteiger partial charge in [-0.05, 0) is 56.3 Å². The van der Waals surface area contributed by atoms with Crippen LogP contribution in [0.1, 0.15) is 24.4 Å². The molecule has 5 heteroatoms. The molecule has 0 saturated carbocycles. The first kappa shape index (κ1) is 16.0. The minimum Gasteiger partial charge on any atom is -0.462 e. The Kier molecular flexibility index (Phi) is 4.98. The number of benzene rings is 1. The van der Waals surface area contributed by atoms with Crippen LogP contribution in [-0.4, -0.2) is 36.2 Å². The maximum atomic E-state index is 13.0. The molecular weight excluding hydrogens is 295 g/mol. The number of anilines is 1. The minimum atomic E-state index is -0.191. The van der Waals surface area contributed by atoms with Crippen LogP contribution < -0.4 is 4.90 Å². The van der Waals surface area contributed by atoms with Gasteiger partial charge in [-0.25, -0.2) is 4.39 Å². The molecule has 0 atom stereocenters. The molecule has 1 saturated heterocycles. The summed E-state index contributed by atoms with van der Waals surface area (Å²) in [6, 6.07) is 11.0. The lowest BCUT2D eigenvalue weighted by Gasteiger charge is -2.37. The molecule has 0 amide bonds. The lowest BCUT2D eigenvalue weighted by atomic mass is 10.0. The summed E-state index contributed by atoms with van der Waals surface area (Å²) in [5.74, 6) is 1.31. The summed E-state index contributed by atoms with van der Waals surface area (Å²) in [4.78, 5) is 4.61. The highest BCUT2D eigenvalue weighted by Gasteiger charge is 2.23. The highest BCUT2D eigenvalue weighted by Crippen LogP contribution is 2.23. The first-order chi connectivity index (χ1) is 11.2. The largest absolute Gasteiger partial charge is 0.462 e. The molecule has 0 unspecified atom stereocenters. The van der Waals surface area contributed by atoms with Crippen LogP contribution in [0.15, 0.2) is 40.8 Å². The first-order valence-electron chi connectivity index (χ1n) is 8.05. The Morgan fingerprint density at radius 2 is 1.78 bits per heavy atom. The molecule has 1 aromatic heterocycles. The number of hydrogen-bond acceptors (Lipinski definition) is 4. The van der Waals surface area contributed by atoms with E-state index >= 15 is 0 Å². The van der Waals surface area contributed by atoms with E-state index in [9.17, 15) is 4.39 Å². The molecule has 2 heterocycles. The van der Waals surface area contributed by atoms with Crippen molar-refractivity contribution in [1.82, 2.24) is 4.90 Å². The third kappa shape index (κ3) is 3.92. The molecule has 0 aliphatic carbocycles. The van der Waals surface area contributed by atoms with Crippen molar-refractivity contribution in [2.24, 2.45) is 0 Å². The Labute approximate surface area is 136 Å². The average Bonchev–Trinajstić information content (AvgIpc) is 3.03. The standard InChI is InChI=1S/C18H23FN2O2/c1-20(12-17-6-7-18(13-22)23-17)15-8-10-21(11-9-15)16-4-2-14(19)3-5-16/h2-7,15,22H,8-13H2,1H3. The van der Waals surface area contributed by atoms with Crippen molar-refractivity contribution in [1.29, 1.82) is 0 Å². The van der Waals surface area contributed by atoms with E-state index in [2.05, 4.69) is 16.8 Å². The van der Waals surface area contributed by atoms with Gasteiger partial charge < -0.3 is 14.4 Å². The fourth-order valence-electron chi connectivity index (χ4n) is 3.18. The van der Waals surface area contributed by atoms with Crippen molar-refractivity contribution in [3.63, 3.8) is 0 Å². The van der Waals surface area contributed by atoms with Crippen molar-refractivity contribution in [3.8, 4) is 0 Å². The number of hydrogen-bond donors (Lipinski definition) is 1. The van der Waals surface area contributed by atoms with Crippen molar-refractivity contribution in [2.75, 3.05) is 25.0 Å². The monoisotopic (exact) mass is 318 g/mol. The second-order valence-electron chi connectivity index (χ2n) is 6.14. The van der Waals surface area contributed by atoms with Crippen molar-refractivity contribution < 1.29 is 13.9 Å². The number of aliphatic hydroxyl groups excluding tert-OH is 1. The van der Waals surface area contributed by atoms with Gasteiger partial charge in [-0.1, -0.05) is 0 Å². The minimum absolute atomic E-state index is 0.0558. The third-order valence-electron chi connectivity index (χ3n) is 4.56. The second kappa shape index (κ2) is 7.15. The first-order valence-corrected chi connectivity index (χ1v) is 8.05. The Bertz CT molecular complexity index is 618. The molecule has 1 aromatic carbocycles. The van der Waals surface area contributed by atoms with Gasteiger partial charge in [0.15, 0.2) is 0 Å². The molecule has 3 rings (SSSR count). The van der Waals surface area contributed by atoms with E-state index in [0.717, 1.165) is 43.9 Å². The van der Waals surface area contributed by atoms with Gasteiger partial charge in [0.25, 0.3) is 0 Å². The molecular formula is C18H23FN2O2. The predicted molar refractivity (Wildman–Crippen MR) is 87.7 cm³/mol. The predicted octanol–water partition coefficient (Wildman–Crippen LogP) is 3.01. The number of furan rings is 1. The maximum absolute atomic E-state index is 13.0. The fourth-order valence-corrected chi connectivity index (χ4v) is 3.18. The fraction of sp³-hybridized carbons (Fsp3) is 0.444. The van der Waals surface area contributed by atoms with Gasteiger partial charge in [0, 0.05) is 24.8 Å². The zero-order valence-electron chi connectivity index (χ0n) is 13.4. The topological polar surface area (TPSA) is 39.9 Å². The van der Waals surface area contributed by atoms with E-state index in [4.69, 9.17) is 9.52 Å². The molecule has 4 nitrogen and oxygen atoms in total. The Balaban J connectivity index is 1.52. The third-order valence-corrected chi connectivity index (χ3v) is 4.56. The zero-order valence-corrected chi connectivity index (χ0v) is 13.4. The summed E-state index contributed by atoms with van der Waals surface area (Å²) in [5, 5.41) is 9.05. The van der Waals surface area contributed by atoms with E-state index in [1.807, 2.05) is 24.3 Å². The molecule has 1 aliphatic heterocycles. The normalized spacial score (nSPS) is 16.3. The Hall–Kier alpha value is -1.85. The van der Waals surface area contributed by atoms with Crippen LogP contribution in [0.25, 0.3) is 0 Å².